The average molecular weight is 365 g/mol. The first-order valence-electron chi connectivity index (χ1n) is 8.79. The van der Waals surface area contributed by atoms with E-state index in [0.29, 0.717) is 45.4 Å². The van der Waals surface area contributed by atoms with Crippen LogP contribution in [-0.2, 0) is 6.54 Å². The number of fused-ring (bicyclic) bond motifs is 2. The Morgan fingerprint density at radius 2 is 2.04 bits per heavy atom. The van der Waals surface area contributed by atoms with Gasteiger partial charge in [0.2, 0.25) is 5.88 Å². The fourth-order valence-electron chi connectivity index (χ4n) is 3.53. The first-order chi connectivity index (χ1) is 13.0. The van der Waals surface area contributed by atoms with E-state index in [1.807, 2.05) is 25.1 Å². The van der Waals surface area contributed by atoms with E-state index in [0.717, 1.165) is 12.0 Å². The van der Waals surface area contributed by atoms with Crippen LogP contribution in [0.2, 0.25) is 0 Å². The number of aryl methyl sites for hydroxylation is 1. The van der Waals surface area contributed by atoms with Crippen LogP contribution in [0.25, 0.3) is 32.9 Å². The molecule has 0 fully saturated rings. The van der Waals surface area contributed by atoms with Crippen molar-refractivity contribution in [3.63, 3.8) is 0 Å². The van der Waals surface area contributed by atoms with Gasteiger partial charge in [0.15, 0.2) is 0 Å². The fourth-order valence-corrected chi connectivity index (χ4v) is 3.53. The number of benzene rings is 2. The van der Waals surface area contributed by atoms with Crippen molar-refractivity contribution in [2.45, 2.75) is 19.9 Å². The van der Waals surface area contributed by atoms with Gasteiger partial charge in [0.05, 0.1) is 29.2 Å². The molecule has 3 N–H and O–H groups in total. The number of halogens is 1. The van der Waals surface area contributed by atoms with Gasteiger partial charge in [0.1, 0.15) is 11.6 Å². The molecule has 0 atom stereocenters. The standard InChI is InChI=1S/C21H20FN3O2/c1-3-9-25-11-16-18(21(25)26)19(23)14-6-4-5-13(20(14)24-16)15-10-12(22)7-8-17(15)27-2/h4-8,10-11,26H,3,9,23H2,1-2H3. The normalized spacial score (nSPS) is 11.4. The molecule has 0 spiro atoms. The molecule has 0 aliphatic heterocycles. The number of nitrogen functional groups attached to an aromatic ring is 1. The van der Waals surface area contributed by atoms with E-state index in [1.165, 1.54) is 12.1 Å². The van der Waals surface area contributed by atoms with E-state index in [1.54, 1.807) is 23.9 Å². The largest absolute Gasteiger partial charge is 0.496 e. The maximum Gasteiger partial charge on any atom is 0.202 e. The molecule has 138 valence electrons. The average Bonchev–Trinajstić information content (AvgIpc) is 2.97. The molecule has 0 radical (unpaired) electrons. The highest BCUT2D eigenvalue weighted by Crippen LogP contribution is 2.40. The monoisotopic (exact) mass is 365 g/mol. The van der Waals surface area contributed by atoms with E-state index in [4.69, 9.17) is 15.5 Å². The maximum atomic E-state index is 13.9. The molecule has 0 amide bonds. The predicted octanol–water partition coefficient (Wildman–Crippen LogP) is 4.70. The van der Waals surface area contributed by atoms with Gasteiger partial charge in [-0.3, -0.25) is 0 Å². The number of para-hydroxylation sites is 1. The Labute approximate surface area is 155 Å². The Kier molecular flexibility index (Phi) is 4.11. The Bertz CT molecular complexity index is 1170. The topological polar surface area (TPSA) is 73.3 Å². The molecular formula is C21H20FN3O2. The van der Waals surface area contributed by atoms with Crippen LogP contribution in [0.4, 0.5) is 10.1 Å². The van der Waals surface area contributed by atoms with Gasteiger partial charge in [-0.1, -0.05) is 25.1 Å². The third-order valence-electron chi connectivity index (χ3n) is 4.77. The summed E-state index contributed by atoms with van der Waals surface area (Å²) in [7, 11) is 1.55. The number of methoxy groups -OCH3 is 1. The second kappa shape index (κ2) is 6.46. The summed E-state index contributed by atoms with van der Waals surface area (Å²) in [6.07, 6.45) is 2.67. The Morgan fingerprint density at radius 1 is 1.22 bits per heavy atom. The van der Waals surface area contributed by atoms with Gasteiger partial charge in [0.25, 0.3) is 0 Å². The minimum Gasteiger partial charge on any atom is -0.496 e. The van der Waals surface area contributed by atoms with Crippen molar-refractivity contribution in [3.8, 4) is 22.8 Å². The molecule has 0 bridgehead atoms. The maximum absolute atomic E-state index is 13.9. The molecule has 4 aromatic rings. The molecule has 2 aromatic heterocycles. The molecule has 6 heteroatoms. The summed E-state index contributed by atoms with van der Waals surface area (Å²) in [4.78, 5) is 4.74. The molecule has 5 nitrogen and oxygen atoms in total. The minimum atomic E-state index is -0.358. The van der Waals surface area contributed by atoms with E-state index in [-0.39, 0.29) is 11.7 Å². The van der Waals surface area contributed by atoms with E-state index >= 15 is 0 Å². The summed E-state index contributed by atoms with van der Waals surface area (Å²) < 4.78 is 21.1. The van der Waals surface area contributed by atoms with Gasteiger partial charge in [0, 0.05) is 29.3 Å². The fraction of sp³-hybridized carbons (Fsp3) is 0.190. The predicted molar refractivity (Wildman–Crippen MR) is 106 cm³/mol. The number of rotatable bonds is 4. The lowest BCUT2D eigenvalue weighted by molar-refractivity contribution is 0.415. The highest BCUT2D eigenvalue weighted by Gasteiger charge is 2.18. The lowest BCUT2D eigenvalue weighted by Gasteiger charge is -2.12. The first kappa shape index (κ1) is 17.1. The van der Waals surface area contributed by atoms with E-state index < -0.39 is 0 Å². The van der Waals surface area contributed by atoms with Gasteiger partial charge >= 0.3 is 0 Å². The highest BCUT2D eigenvalue weighted by molar-refractivity contribution is 6.12. The van der Waals surface area contributed by atoms with Crippen molar-refractivity contribution in [2.75, 3.05) is 12.8 Å². The summed E-state index contributed by atoms with van der Waals surface area (Å²) in [5.74, 6) is 0.312. The van der Waals surface area contributed by atoms with Crippen LogP contribution in [0.5, 0.6) is 11.6 Å². The number of aromatic nitrogens is 2. The SMILES string of the molecule is CCCn1cc2nc3c(-c4cc(F)ccc4OC)cccc3c(N)c2c1O. The van der Waals surface area contributed by atoms with E-state index in [2.05, 4.69) is 0 Å². The Balaban J connectivity index is 2.07. The van der Waals surface area contributed by atoms with Crippen LogP contribution >= 0.6 is 0 Å². The van der Waals surface area contributed by atoms with Crippen molar-refractivity contribution in [1.29, 1.82) is 0 Å². The number of anilines is 1. The highest BCUT2D eigenvalue weighted by atomic mass is 19.1. The van der Waals surface area contributed by atoms with Gasteiger partial charge < -0.3 is 20.1 Å². The molecule has 0 saturated carbocycles. The number of hydrogen-bond acceptors (Lipinski definition) is 4. The number of nitrogens with zero attached hydrogens (tertiary/aromatic N) is 2. The Hall–Kier alpha value is -3.28. The third kappa shape index (κ3) is 2.65. The summed E-state index contributed by atoms with van der Waals surface area (Å²) in [5, 5.41) is 11.8. The van der Waals surface area contributed by atoms with Crippen LogP contribution < -0.4 is 10.5 Å². The molecule has 2 aromatic carbocycles. The molecule has 2 heterocycles. The lowest BCUT2D eigenvalue weighted by atomic mass is 9.99. The lowest BCUT2D eigenvalue weighted by Crippen LogP contribution is -1.95. The van der Waals surface area contributed by atoms with E-state index in [9.17, 15) is 9.50 Å². The molecular weight excluding hydrogens is 345 g/mol. The second-order valence-corrected chi connectivity index (χ2v) is 6.48. The van der Waals surface area contributed by atoms with Crippen LogP contribution in [0.15, 0.2) is 42.6 Å². The second-order valence-electron chi connectivity index (χ2n) is 6.48. The summed E-state index contributed by atoms with van der Waals surface area (Å²) in [5.41, 5.74) is 9.42. The van der Waals surface area contributed by atoms with Crippen molar-refractivity contribution in [3.05, 3.63) is 48.4 Å². The number of pyridine rings is 1. The quantitative estimate of drug-likeness (QED) is 0.550. The van der Waals surface area contributed by atoms with Crippen LogP contribution in [0, 0.1) is 5.82 Å². The number of nitrogens with two attached hydrogens (primary N) is 1. The zero-order chi connectivity index (χ0) is 19.1. The molecule has 0 saturated heterocycles. The van der Waals surface area contributed by atoms with Crippen LogP contribution in [0.3, 0.4) is 0 Å². The van der Waals surface area contributed by atoms with Gasteiger partial charge in [-0.2, -0.15) is 0 Å². The van der Waals surface area contributed by atoms with Crippen molar-refractivity contribution >= 4 is 27.5 Å². The number of aromatic hydroxyl groups is 1. The van der Waals surface area contributed by atoms with Crippen LogP contribution in [0.1, 0.15) is 13.3 Å². The summed E-state index contributed by atoms with van der Waals surface area (Å²) >= 11 is 0. The van der Waals surface area contributed by atoms with Crippen LogP contribution in [-0.4, -0.2) is 21.8 Å². The zero-order valence-corrected chi connectivity index (χ0v) is 15.2. The number of hydrogen-bond donors (Lipinski definition) is 2. The number of ether oxygens (including phenoxy) is 1. The first-order valence-corrected chi connectivity index (χ1v) is 8.79. The van der Waals surface area contributed by atoms with Crippen molar-refractivity contribution in [1.82, 2.24) is 9.55 Å². The smallest absolute Gasteiger partial charge is 0.202 e. The molecule has 0 aliphatic rings. The van der Waals surface area contributed by atoms with Gasteiger partial charge in [-0.15, -0.1) is 0 Å². The minimum absolute atomic E-state index is 0.118. The molecule has 4 rings (SSSR count). The van der Waals surface area contributed by atoms with Crippen molar-refractivity contribution < 1.29 is 14.2 Å². The Morgan fingerprint density at radius 3 is 2.78 bits per heavy atom. The van der Waals surface area contributed by atoms with Gasteiger partial charge in [-0.25, -0.2) is 9.37 Å². The van der Waals surface area contributed by atoms with Gasteiger partial charge in [-0.05, 0) is 24.6 Å². The molecule has 0 aliphatic carbocycles. The summed E-state index contributed by atoms with van der Waals surface area (Å²) in [6, 6.07) is 9.93. The summed E-state index contributed by atoms with van der Waals surface area (Å²) in [6.45, 7) is 2.70. The molecule has 27 heavy (non-hydrogen) atoms. The van der Waals surface area contributed by atoms with Crippen molar-refractivity contribution in [2.24, 2.45) is 0 Å². The zero-order valence-electron chi connectivity index (χ0n) is 15.2. The molecule has 0 unspecified atom stereocenters. The third-order valence-corrected chi connectivity index (χ3v) is 4.77.